The molecule has 0 bridgehead atoms. The molecule has 108 valence electrons. The van der Waals surface area contributed by atoms with Gasteiger partial charge >= 0.3 is 0 Å². The van der Waals surface area contributed by atoms with E-state index < -0.39 is 0 Å². The summed E-state index contributed by atoms with van der Waals surface area (Å²) >= 11 is 0. The van der Waals surface area contributed by atoms with Gasteiger partial charge in [0, 0.05) is 6.42 Å². The highest BCUT2D eigenvalue weighted by Gasteiger charge is 2.36. The Bertz CT molecular complexity index is 737. The van der Waals surface area contributed by atoms with Crippen molar-refractivity contribution in [2.45, 2.75) is 16.2 Å². The third-order valence-electron chi connectivity index (χ3n) is 3.89. The van der Waals surface area contributed by atoms with Crippen LogP contribution >= 0.6 is 0 Å². The van der Waals surface area contributed by atoms with Gasteiger partial charge in [0.15, 0.2) is 11.5 Å². The largest absolute Gasteiger partial charge is 0.447 e. The maximum atomic E-state index is 6.07. The van der Waals surface area contributed by atoms with Crippen LogP contribution in [0.4, 0.5) is 0 Å². The van der Waals surface area contributed by atoms with Gasteiger partial charge in [-0.2, -0.15) is 0 Å². The molecule has 0 saturated heterocycles. The summed E-state index contributed by atoms with van der Waals surface area (Å²) in [4.78, 5) is 2.66. The summed E-state index contributed by atoms with van der Waals surface area (Å²) in [6, 6.07) is 27.6. The first-order chi connectivity index (χ1) is 10.9. The maximum Gasteiger partial charge on any atom is 0.203 e. The van der Waals surface area contributed by atoms with E-state index in [1.807, 2.05) is 12.1 Å². The Labute approximate surface area is 133 Å². The number of benzene rings is 3. The van der Waals surface area contributed by atoms with Crippen LogP contribution in [0, 0.1) is 0 Å². The fraction of sp³-hybridized carbons (Fsp3) is 0.100. The molecule has 0 aliphatic carbocycles. The normalized spacial score (nSPS) is 13.1. The van der Waals surface area contributed by atoms with E-state index >= 15 is 0 Å². The smallest absolute Gasteiger partial charge is 0.203 e. The third kappa shape index (κ3) is 2.51. The van der Waals surface area contributed by atoms with Crippen LogP contribution in [-0.2, 0) is 17.3 Å². The van der Waals surface area contributed by atoms with Crippen LogP contribution < -0.4 is 4.74 Å². The van der Waals surface area contributed by atoms with E-state index in [1.165, 1.54) is 15.4 Å². The molecule has 1 nitrogen and oxygen atoms in total. The second-order valence-corrected chi connectivity index (χ2v) is 7.40. The molecule has 3 aromatic rings. The molecule has 22 heavy (non-hydrogen) atoms. The van der Waals surface area contributed by atoms with E-state index in [-0.39, 0.29) is 10.9 Å². The van der Waals surface area contributed by atoms with Crippen molar-refractivity contribution in [2.75, 3.05) is 5.75 Å². The molecule has 1 aliphatic rings. The first-order valence-electron chi connectivity index (χ1n) is 7.52. The summed E-state index contributed by atoms with van der Waals surface area (Å²) in [5, 5.41) is 0. The summed E-state index contributed by atoms with van der Waals surface area (Å²) in [7, 11) is 0.0800. The van der Waals surface area contributed by atoms with E-state index in [4.69, 9.17) is 4.74 Å². The van der Waals surface area contributed by atoms with Gasteiger partial charge in [0.05, 0.1) is 10.9 Å². The van der Waals surface area contributed by atoms with E-state index in [2.05, 4.69) is 66.7 Å². The number of hydrogen-bond donors (Lipinski definition) is 0. The molecule has 2 heteroatoms. The number of ether oxygens (including phenoxy) is 1. The van der Waals surface area contributed by atoms with Crippen LogP contribution in [0.15, 0.2) is 88.7 Å². The minimum absolute atomic E-state index is 0.0800. The molecule has 1 aliphatic heterocycles. The predicted molar refractivity (Wildman–Crippen MR) is 91.9 cm³/mol. The van der Waals surface area contributed by atoms with Crippen LogP contribution in [0.5, 0.6) is 11.5 Å². The van der Waals surface area contributed by atoms with Gasteiger partial charge in [0.25, 0.3) is 0 Å². The van der Waals surface area contributed by atoms with Crippen LogP contribution in [-0.4, -0.2) is 5.75 Å². The molecule has 0 radical (unpaired) electrons. The highest BCUT2D eigenvalue weighted by Crippen LogP contribution is 2.43. The van der Waals surface area contributed by atoms with Crippen molar-refractivity contribution in [1.29, 1.82) is 0 Å². The molecule has 0 fully saturated rings. The van der Waals surface area contributed by atoms with Crippen LogP contribution in [0.1, 0.15) is 5.56 Å². The number of fused-ring (bicyclic) bond motifs is 2. The van der Waals surface area contributed by atoms with Crippen molar-refractivity contribution in [3.8, 4) is 11.5 Å². The van der Waals surface area contributed by atoms with E-state index in [0.29, 0.717) is 0 Å². The van der Waals surface area contributed by atoms with E-state index in [0.717, 1.165) is 23.7 Å². The Balaban J connectivity index is 1.69. The summed E-state index contributed by atoms with van der Waals surface area (Å²) in [5.41, 5.74) is 1.40. The quantitative estimate of drug-likeness (QED) is 0.614. The van der Waals surface area contributed by atoms with Gasteiger partial charge in [-0.1, -0.05) is 54.6 Å². The lowest BCUT2D eigenvalue weighted by molar-refractivity contribution is 0.453. The lowest BCUT2D eigenvalue weighted by Gasteiger charge is -2.19. The Kier molecular flexibility index (Phi) is 3.61. The zero-order valence-electron chi connectivity index (χ0n) is 12.2. The maximum absolute atomic E-state index is 6.07. The average molecular weight is 305 g/mol. The molecule has 0 aromatic heterocycles. The van der Waals surface area contributed by atoms with E-state index in [9.17, 15) is 0 Å². The molecule has 0 atom stereocenters. The van der Waals surface area contributed by atoms with Gasteiger partial charge < -0.3 is 4.74 Å². The fourth-order valence-electron chi connectivity index (χ4n) is 2.80. The van der Waals surface area contributed by atoms with Crippen molar-refractivity contribution in [1.82, 2.24) is 0 Å². The molecular weight excluding hydrogens is 288 g/mol. The lowest BCUT2D eigenvalue weighted by atomic mass is 10.2. The van der Waals surface area contributed by atoms with Gasteiger partial charge in [-0.05, 0) is 29.8 Å². The number of para-hydroxylation sites is 2. The SMILES string of the molecule is c1ccc(CC[S+]2c3ccccc3Oc3ccccc32)cc1. The third-order valence-corrected chi connectivity index (χ3v) is 6.24. The van der Waals surface area contributed by atoms with Gasteiger partial charge in [0.1, 0.15) is 5.75 Å². The molecule has 0 N–H and O–H groups in total. The van der Waals surface area contributed by atoms with Gasteiger partial charge in [-0.15, -0.1) is 0 Å². The molecule has 0 saturated carbocycles. The second kappa shape index (κ2) is 5.90. The van der Waals surface area contributed by atoms with Crippen LogP contribution in [0.25, 0.3) is 0 Å². The van der Waals surface area contributed by atoms with Gasteiger partial charge in [-0.3, -0.25) is 0 Å². The molecular formula is C20H17OS+. The summed E-state index contributed by atoms with van der Waals surface area (Å²) in [6.45, 7) is 0. The van der Waals surface area contributed by atoms with Crippen molar-refractivity contribution in [3.05, 3.63) is 84.4 Å². The zero-order valence-corrected chi connectivity index (χ0v) is 13.1. The molecule has 4 rings (SSSR count). The first kappa shape index (κ1) is 13.5. The molecule has 0 amide bonds. The standard InChI is InChI=1S/C20H17OS/c1-2-8-16(9-3-1)14-15-22-19-12-6-4-10-17(19)21-18-11-5-7-13-20(18)22/h1-13H,14-15H2/q+1. The zero-order chi connectivity index (χ0) is 14.8. The van der Waals surface area contributed by atoms with Crippen LogP contribution in [0.3, 0.4) is 0 Å². The summed E-state index contributed by atoms with van der Waals surface area (Å²) in [6.07, 6.45) is 1.09. The molecule has 1 heterocycles. The van der Waals surface area contributed by atoms with Crippen molar-refractivity contribution < 1.29 is 4.74 Å². The Hall–Kier alpha value is -2.19. The first-order valence-corrected chi connectivity index (χ1v) is 8.92. The minimum Gasteiger partial charge on any atom is -0.447 e. The lowest BCUT2D eigenvalue weighted by Crippen LogP contribution is -2.16. The van der Waals surface area contributed by atoms with Crippen molar-refractivity contribution in [3.63, 3.8) is 0 Å². The van der Waals surface area contributed by atoms with Crippen molar-refractivity contribution >= 4 is 10.9 Å². The monoisotopic (exact) mass is 305 g/mol. The highest BCUT2D eigenvalue weighted by atomic mass is 32.2. The number of aryl methyl sites for hydroxylation is 1. The molecule has 0 spiro atoms. The average Bonchev–Trinajstić information content (AvgIpc) is 2.59. The summed E-state index contributed by atoms with van der Waals surface area (Å²) in [5.74, 6) is 3.15. The Morgan fingerprint density at radius 3 is 1.82 bits per heavy atom. The number of rotatable bonds is 3. The molecule has 3 aromatic carbocycles. The number of hydrogen-bond acceptors (Lipinski definition) is 1. The molecule has 0 unspecified atom stereocenters. The summed E-state index contributed by atoms with van der Waals surface area (Å²) < 4.78 is 6.07. The highest BCUT2D eigenvalue weighted by molar-refractivity contribution is 7.97. The van der Waals surface area contributed by atoms with Crippen molar-refractivity contribution in [2.24, 2.45) is 0 Å². The second-order valence-electron chi connectivity index (χ2n) is 5.33. The van der Waals surface area contributed by atoms with E-state index in [1.54, 1.807) is 0 Å². The van der Waals surface area contributed by atoms with Gasteiger partial charge in [0.2, 0.25) is 9.79 Å². The fourth-order valence-corrected chi connectivity index (χ4v) is 5.10. The predicted octanol–water partition coefficient (Wildman–Crippen LogP) is 5.07. The topological polar surface area (TPSA) is 9.23 Å². The Morgan fingerprint density at radius 2 is 1.18 bits per heavy atom. The van der Waals surface area contributed by atoms with Crippen LogP contribution in [0.2, 0.25) is 0 Å². The Morgan fingerprint density at radius 1 is 0.636 bits per heavy atom. The van der Waals surface area contributed by atoms with Gasteiger partial charge in [-0.25, -0.2) is 0 Å². The minimum atomic E-state index is 0.0800.